The maximum Gasteiger partial charge on any atom is 0.240 e. The number of rotatable bonds is 2. The van der Waals surface area contributed by atoms with Gasteiger partial charge in [-0.1, -0.05) is 51.1 Å². The summed E-state index contributed by atoms with van der Waals surface area (Å²) in [5, 5.41) is 0. The van der Waals surface area contributed by atoms with E-state index in [0.717, 1.165) is 5.56 Å². The first-order chi connectivity index (χ1) is 9.39. The van der Waals surface area contributed by atoms with Gasteiger partial charge in [0.1, 0.15) is 6.10 Å². The van der Waals surface area contributed by atoms with Crippen LogP contribution in [0.3, 0.4) is 0 Å². The van der Waals surface area contributed by atoms with E-state index in [1.807, 2.05) is 56.0 Å². The van der Waals surface area contributed by atoms with Gasteiger partial charge in [-0.25, -0.2) is 0 Å². The van der Waals surface area contributed by atoms with Crippen LogP contribution in [-0.4, -0.2) is 36.5 Å². The molecule has 0 spiro atoms. The molecule has 110 valence electrons. The molecule has 1 unspecified atom stereocenters. The first kappa shape index (κ1) is 15.0. The van der Waals surface area contributed by atoms with Crippen molar-refractivity contribution >= 4 is 5.91 Å². The number of morpholine rings is 1. The number of carbonyl (C=O) groups is 1. The molecule has 20 heavy (non-hydrogen) atoms. The molecule has 1 aromatic rings. The lowest BCUT2D eigenvalue weighted by molar-refractivity contribution is -0.142. The average molecular weight is 276 g/mol. The molecule has 1 amide bonds. The van der Waals surface area contributed by atoms with Crippen LogP contribution >= 0.6 is 0 Å². The summed E-state index contributed by atoms with van der Waals surface area (Å²) in [6.07, 6.45) is -0.0546. The third-order valence-corrected chi connectivity index (χ3v) is 3.75. The normalized spacial score (nSPS) is 21.6. The van der Waals surface area contributed by atoms with Crippen LogP contribution < -0.4 is 5.73 Å². The molecule has 1 aliphatic rings. The van der Waals surface area contributed by atoms with Gasteiger partial charge in [0.15, 0.2) is 0 Å². The summed E-state index contributed by atoms with van der Waals surface area (Å²) < 4.78 is 5.78. The summed E-state index contributed by atoms with van der Waals surface area (Å²) in [7, 11) is 0. The quantitative estimate of drug-likeness (QED) is 0.898. The Kier molecular flexibility index (Phi) is 4.45. The van der Waals surface area contributed by atoms with Gasteiger partial charge < -0.3 is 15.4 Å². The molecule has 2 rings (SSSR count). The Morgan fingerprint density at radius 1 is 1.35 bits per heavy atom. The molecule has 0 bridgehead atoms. The van der Waals surface area contributed by atoms with Crippen molar-refractivity contribution in [3.63, 3.8) is 0 Å². The highest BCUT2D eigenvalue weighted by Crippen LogP contribution is 2.25. The highest BCUT2D eigenvalue weighted by atomic mass is 16.5. The van der Waals surface area contributed by atoms with Crippen molar-refractivity contribution in [3.05, 3.63) is 35.9 Å². The van der Waals surface area contributed by atoms with E-state index in [-0.39, 0.29) is 17.4 Å². The molecule has 0 saturated carbocycles. The molecule has 1 saturated heterocycles. The fourth-order valence-corrected chi connectivity index (χ4v) is 2.29. The van der Waals surface area contributed by atoms with E-state index in [0.29, 0.717) is 19.7 Å². The lowest BCUT2D eigenvalue weighted by atomic mass is 9.86. The number of hydrogen-bond acceptors (Lipinski definition) is 3. The molecule has 0 aromatic heterocycles. The number of benzene rings is 1. The third kappa shape index (κ3) is 3.38. The molecule has 1 heterocycles. The smallest absolute Gasteiger partial charge is 0.240 e. The molecule has 2 atom stereocenters. The van der Waals surface area contributed by atoms with Gasteiger partial charge in [-0.2, -0.15) is 0 Å². The van der Waals surface area contributed by atoms with Gasteiger partial charge in [-0.05, 0) is 11.0 Å². The zero-order valence-corrected chi connectivity index (χ0v) is 12.5. The first-order valence-corrected chi connectivity index (χ1v) is 7.10. The molecule has 1 aromatic carbocycles. The van der Waals surface area contributed by atoms with E-state index < -0.39 is 6.04 Å². The van der Waals surface area contributed by atoms with Crippen molar-refractivity contribution in [1.29, 1.82) is 0 Å². The van der Waals surface area contributed by atoms with Crippen LogP contribution in [0.15, 0.2) is 30.3 Å². The van der Waals surface area contributed by atoms with Crippen LogP contribution in [-0.2, 0) is 9.53 Å². The summed E-state index contributed by atoms with van der Waals surface area (Å²) in [5.41, 5.74) is 6.96. The summed E-state index contributed by atoms with van der Waals surface area (Å²) in [6.45, 7) is 7.72. The van der Waals surface area contributed by atoms with E-state index >= 15 is 0 Å². The van der Waals surface area contributed by atoms with Gasteiger partial charge in [0.05, 0.1) is 19.2 Å². The van der Waals surface area contributed by atoms with Gasteiger partial charge in [-0.15, -0.1) is 0 Å². The second-order valence-electron chi connectivity index (χ2n) is 6.40. The summed E-state index contributed by atoms with van der Waals surface area (Å²) in [4.78, 5) is 14.3. The molecule has 0 radical (unpaired) electrons. The fourth-order valence-electron chi connectivity index (χ4n) is 2.29. The second kappa shape index (κ2) is 5.94. The van der Waals surface area contributed by atoms with Crippen molar-refractivity contribution in [2.24, 2.45) is 11.1 Å². The van der Waals surface area contributed by atoms with E-state index in [1.54, 1.807) is 0 Å². The number of nitrogens with zero attached hydrogens (tertiary/aromatic N) is 1. The molecule has 4 nitrogen and oxygen atoms in total. The number of nitrogens with two attached hydrogens (primary N) is 1. The highest BCUT2D eigenvalue weighted by molar-refractivity contribution is 5.82. The Hall–Kier alpha value is -1.39. The van der Waals surface area contributed by atoms with Crippen LogP contribution in [0.5, 0.6) is 0 Å². The minimum atomic E-state index is -0.475. The monoisotopic (exact) mass is 276 g/mol. The maximum absolute atomic E-state index is 12.5. The zero-order valence-electron chi connectivity index (χ0n) is 12.5. The molecule has 1 fully saturated rings. The van der Waals surface area contributed by atoms with E-state index in [4.69, 9.17) is 10.5 Å². The van der Waals surface area contributed by atoms with Crippen LogP contribution in [0.4, 0.5) is 0 Å². The van der Waals surface area contributed by atoms with Gasteiger partial charge in [-0.3, -0.25) is 4.79 Å². The van der Waals surface area contributed by atoms with Gasteiger partial charge >= 0.3 is 0 Å². The van der Waals surface area contributed by atoms with Crippen LogP contribution in [0.1, 0.15) is 32.4 Å². The maximum atomic E-state index is 12.5. The van der Waals surface area contributed by atoms with Crippen molar-refractivity contribution in [2.75, 3.05) is 19.7 Å². The molecule has 2 N–H and O–H groups in total. The Balaban J connectivity index is 2.06. The van der Waals surface area contributed by atoms with Crippen LogP contribution in [0, 0.1) is 5.41 Å². The summed E-state index contributed by atoms with van der Waals surface area (Å²) >= 11 is 0. The lowest BCUT2D eigenvalue weighted by Crippen LogP contribution is -2.53. The SMILES string of the molecule is CC(C)(C)[C@H](N)C(=O)N1CCOC(c2ccccc2)C1. The topological polar surface area (TPSA) is 55.6 Å². The predicted octanol–water partition coefficient (Wildman–Crippen LogP) is 1.96. The number of amides is 1. The van der Waals surface area contributed by atoms with Gasteiger partial charge in [0.2, 0.25) is 5.91 Å². The molecule has 0 aliphatic carbocycles. The Morgan fingerprint density at radius 2 is 2.00 bits per heavy atom. The van der Waals surface area contributed by atoms with Crippen LogP contribution in [0.25, 0.3) is 0 Å². The summed E-state index contributed by atoms with van der Waals surface area (Å²) in [5.74, 6) is 0.0155. The highest BCUT2D eigenvalue weighted by Gasteiger charge is 2.33. The lowest BCUT2D eigenvalue weighted by Gasteiger charge is -2.37. The largest absolute Gasteiger partial charge is 0.370 e. The number of ether oxygens (including phenoxy) is 1. The van der Waals surface area contributed by atoms with E-state index in [9.17, 15) is 4.79 Å². The third-order valence-electron chi connectivity index (χ3n) is 3.75. The molecule has 4 heteroatoms. The van der Waals surface area contributed by atoms with Crippen molar-refractivity contribution < 1.29 is 9.53 Å². The minimum Gasteiger partial charge on any atom is -0.370 e. The minimum absolute atomic E-state index is 0.0155. The average Bonchev–Trinajstić information content (AvgIpc) is 2.46. The Labute approximate surface area is 120 Å². The van der Waals surface area contributed by atoms with Crippen molar-refractivity contribution in [3.8, 4) is 0 Å². The van der Waals surface area contributed by atoms with Gasteiger partial charge in [0, 0.05) is 6.54 Å². The summed E-state index contributed by atoms with van der Waals surface area (Å²) in [6, 6.07) is 9.54. The van der Waals surface area contributed by atoms with Gasteiger partial charge in [0.25, 0.3) is 0 Å². The zero-order chi connectivity index (χ0) is 14.8. The van der Waals surface area contributed by atoms with Crippen molar-refractivity contribution in [1.82, 2.24) is 4.90 Å². The van der Waals surface area contributed by atoms with E-state index in [2.05, 4.69) is 0 Å². The standard InChI is InChI=1S/C16H24N2O2/c1-16(2,3)14(17)15(19)18-9-10-20-13(11-18)12-7-5-4-6-8-12/h4-8,13-14H,9-11,17H2,1-3H3/t13?,14-/m1/s1. The van der Waals surface area contributed by atoms with E-state index in [1.165, 1.54) is 0 Å². The Morgan fingerprint density at radius 3 is 2.60 bits per heavy atom. The van der Waals surface area contributed by atoms with Crippen LogP contribution in [0.2, 0.25) is 0 Å². The molecular weight excluding hydrogens is 252 g/mol. The number of hydrogen-bond donors (Lipinski definition) is 1. The van der Waals surface area contributed by atoms with Crippen molar-refractivity contribution in [2.45, 2.75) is 32.9 Å². The fraction of sp³-hybridized carbons (Fsp3) is 0.562. The molecule has 1 aliphatic heterocycles. The molecular formula is C16H24N2O2. The second-order valence-corrected chi connectivity index (χ2v) is 6.40. The predicted molar refractivity (Wildman–Crippen MR) is 79.1 cm³/mol. The number of carbonyl (C=O) groups excluding carboxylic acids is 1. The Bertz CT molecular complexity index is 453. The first-order valence-electron chi connectivity index (χ1n) is 7.10.